The van der Waals surface area contributed by atoms with Crippen LogP contribution in [0.1, 0.15) is 5.56 Å². The number of anilines is 1. The predicted molar refractivity (Wildman–Crippen MR) is 69.4 cm³/mol. The van der Waals surface area contributed by atoms with Crippen molar-refractivity contribution in [1.29, 1.82) is 0 Å². The number of halogens is 1. The fourth-order valence-electron chi connectivity index (χ4n) is 1.38. The highest BCUT2D eigenvalue weighted by Crippen LogP contribution is 2.19. The maximum atomic E-state index is 8.57. The van der Waals surface area contributed by atoms with Gasteiger partial charge >= 0.3 is 0 Å². The van der Waals surface area contributed by atoms with Gasteiger partial charge in [0.2, 0.25) is 0 Å². The van der Waals surface area contributed by atoms with Gasteiger partial charge in [-0.15, -0.1) is 0 Å². The monoisotopic (exact) mass is 263 g/mol. The van der Waals surface area contributed by atoms with E-state index >= 15 is 0 Å². The van der Waals surface area contributed by atoms with Gasteiger partial charge in [0.05, 0.1) is 5.56 Å². The zero-order chi connectivity index (χ0) is 13.1. The molecular formula is C11H10ClN5O. The van der Waals surface area contributed by atoms with Crippen molar-refractivity contribution in [3.8, 4) is 11.4 Å². The molecule has 0 fully saturated rings. The maximum Gasteiger partial charge on any atom is 0.175 e. The van der Waals surface area contributed by atoms with Crippen molar-refractivity contribution < 1.29 is 5.21 Å². The lowest BCUT2D eigenvalue weighted by Crippen LogP contribution is -2.17. The minimum absolute atomic E-state index is 0.129. The Morgan fingerprint density at radius 3 is 2.50 bits per heavy atom. The van der Waals surface area contributed by atoms with Gasteiger partial charge in [-0.1, -0.05) is 16.8 Å². The van der Waals surface area contributed by atoms with Crippen molar-refractivity contribution in [3.05, 3.63) is 41.0 Å². The molecular weight excluding hydrogens is 254 g/mol. The van der Waals surface area contributed by atoms with E-state index in [2.05, 4.69) is 15.1 Å². The molecule has 0 aliphatic heterocycles. The molecule has 1 aromatic heterocycles. The number of amidine groups is 1. The second kappa shape index (κ2) is 4.89. The minimum atomic E-state index is -0.129. The number of rotatable bonds is 2. The van der Waals surface area contributed by atoms with Gasteiger partial charge in [-0.2, -0.15) is 0 Å². The van der Waals surface area contributed by atoms with Gasteiger partial charge in [0, 0.05) is 16.8 Å². The van der Waals surface area contributed by atoms with Gasteiger partial charge in [0.1, 0.15) is 5.82 Å². The predicted octanol–water partition coefficient (Wildman–Crippen LogP) is 1.47. The van der Waals surface area contributed by atoms with E-state index in [-0.39, 0.29) is 17.2 Å². The molecule has 92 valence electrons. The first-order valence-corrected chi connectivity index (χ1v) is 5.36. The van der Waals surface area contributed by atoms with Crippen LogP contribution in [0.15, 0.2) is 35.6 Å². The smallest absolute Gasteiger partial charge is 0.175 e. The molecule has 2 aromatic rings. The fraction of sp³-hybridized carbons (Fsp3) is 0. The molecule has 0 aliphatic rings. The van der Waals surface area contributed by atoms with Crippen LogP contribution in [0, 0.1) is 0 Å². The topological polar surface area (TPSA) is 110 Å². The van der Waals surface area contributed by atoms with Gasteiger partial charge in [-0.3, -0.25) is 0 Å². The molecule has 7 heteroatoms. The lowest BCUT2D eigenvalue weighted by molar-refractivity contribution is 0.318. The van der Waals surface area contributed by atoms with Crippen molar-refractivity contribution >= 4 is 23.3 Å². The van der Waals surface area contributed by atoms with Gasteiger partial charge in [-0.25, -0.2) is 9.97 Å². The second-order valence-corrected chi connectivity index (χ2v) is 3.92. The molecule has 1 aromatic carbocycles. The van der Waals surface area contributed by atoms with E-state index in [0.717, 1.165) is 5.56 Å². The molecule has 0 atom stereocenters. The molecule has 2 rings (SSSR count). The molecule has 0 unspecified atom stereocenters. The van der Waals surface area contributed by atoms with Crippen LogP contribution in [0.25, 0.3) is 11.4 Å². The lowest BCUT2D eigenvalue weighted by atomic mass is 10.2. The first kappa shape index (κ1) is 12.1. The SMILES string of the molecule is NC(=NO)c1cnc(-c2ccc(Cl)cc2)nc1N. The van der Waals surface area contributed by atoms with Crippen molar-refractivity contribution in [1.82, 2.24) is 9.97 Å². The summed E-state index contributed by atoms with van der Waals surface area (Å²) in [7, 11) is 0. The van der Waals surface area contributed by atoms with E-state index in [1.807, 2.05) is 0 Å². The molecule has 0 saturated carbocycles. The summed E-state index contributed by atoms with van der Waals surface area (Å²) in [6.07, 6.45) is 1.40. The highest BCUT2D eigenvalue weighted by molar-refractivity contribution is 6.30. The first-order chi connectivity index (χ1) is 8.61. The summed E-state index contributed by atoms with van der Waals surface area (Å²) in [6.45, 7) is 0. The summed E-state index contributed by atoms with van der Waals surface area (Å²) in [5, 5.41) is 12.0. The molecule has 0 spiro atoms. The van der Waals surface area contributed by atoms with E-state index in [1.165, 1.54) is 6.20 Å². The molecule has 18 heavy (non-hydrogen) atoms. The van der Waals surface area contributed by atoms with Crippen molar-refractivity contribution in [3.63, 3.8) is 0 Å². The first-order valence-electron chi connectivity index (χ1n) is 4.98. The average molecular weight is 264 g/mol. The minimum Gasteiger partial charge on any atom is -0.409 e. The largest absolute Gasteiger partial charge is 0.409 e. The summed E-state index contributed by atoms with van der Waals surface area (Å²) < 4.78 is 0. The molecule has 1 heterocycles. The van der Waals surface area contributed by atoms with Crippen molar-refractivity contribution in [2.45, 2.75) is 0 Å². The van der Waals surface area contributed by atoms with Crippen LogP contribution in [0.4, 0.5) is 5.82 Å². The van der Waals surface area contributed by atoms with E-state index < -0.39 is 0 Å². The molecule has 0 radical (unpaired) electrons. The average Bonchev–Trinajstić information content (AvgIpc) is 2.38. The highest BCUT2D eigenvalue weighted by atomic mass is 35.5. The van der Waals surface area contributed by atoms with E-state index in [9.17, 15) is 0 Å². The van der Waals surface area contributed by atoms with Crippen LogP contribution >= 0.6 is 11.6 Å². The third-order valence-electron chi connectivity index (χ3n) is 2.30. The molecule has 0 amide bonds. The molecule has 0 saturated heterocycles. The summed E-state index contributed by atoms with van der Waals surface area (Å²) in [5.41, 5.74) is 12.2. The van der Waals surface area contributed by atoms with Crippen LogP contribution in [0.2, 0.25) is 5.02 Å². The number of benzene rings is 1. The molecule has 0 aliphatic carbocycles. The highest BCUT2D eigenvalue weighted by Gasteiger charge is 2.09. The number of nitrogens with zero attached hydrogens (tertiary/aromatic N) is 3. The summed E-state index contributed by atoms with van der Waals surface area (Å²) in [5.74, 6) is 0.457. The second-order valence-electron chi connectivity index (χ2n) is 3.48. The van der Waals surface area contributed by atoms with E-state index in [0.29, 0.717) is 10.8 Å². The summed E-state index contributed by atoms with van der Waals surface area (Å²) in [4.78, 5) is 8.20. The van der Waals surface area contributed by atoms with Gasteiger partial charge in [0.25, 0.3) is 0 Å². The van der Waals surface area contributed by atoms with Gasteiger partial charge < -0.3 is 16.7 Å². The lowest BCUT2D eigenvalue weighted by Gasteiger charge is -2.05. The van der Waals surface area contributed by atoms with Crippen LogP contribution in [-0.4, -0.2) is 21.0 Å². The number of hydrogen-bond acceptors (Lipinski definition) is 5. The van der Waals surface area contributed by atoms with Crippen molar-refractivity contribution in [2.24, 2.45) is 10.9 Å². The Labute approximate surface area is 108 Å². The maximum absolute atomic E-state index is 8.57. The van der Waals surface area contributed by atoms with Crippen LogP contribution < -0.4 is 11.5 Å². The quantitative estimate of drug-likeness (QED) is 0.329. The Morgan fingerprint density at radius 1 is 1.28 bits per heavy atom. The van der Waals surface area contributed by atoms with E-state index in [4.69, 9.17) is 28.3 Å². The van der Waals surface area contributed by atoms with E-state index in [1.54, 1.807) is 24.3 Å². The number of hydrogen-bond donors (Lipinski definition) is 3. The summed E-state index contributed by atoms with van der Waals surface area (Å²) >= 11 is 5.79. The number of oxime groups is 1. The normalized spacial score (nSPS) is 11.5. The number of nitrogens with two attached hydrogens (primary N) is 2. The molecule has 6 nitrogen and oxygen atoms in total. The fourth-order valence-corrected chi connectivity index (χ4v) is 1.51. The molecule has 5 N–H and O–H groups in total. The Bertz CT molecular complexity index is 597. The zero-order valence-corrected chi connectivity index (χ0v) is 9.96. The van der Waals surface area contributed by atoms with Gasteiger partial charge in [0.15, 0.2) is 11.7 Å². The van der Waals surface area contributed by atoms with Crippen molar-refractivity contribution in [2.75, 3.05) is 5.73 Å². The van der Waals surface area contributed by atoms with Crippen LogP contribution in [0.5, 0.6) is 0 Å². The zero-order valence-electron chi connectivity index (χ0n) is 9.21. The third-order valence-corrected chi connectivity index (χ3v) is 2.56. The number of nitrogen functional groups attached to an aromatic ring is 1. The Balaban J connectivity index is 2.43. The third kappa shape index (κ3) is 2.33. The Hall–Kier alpha value is -2.34. The standard InChI is InChI=1S/C11H10ClN5O/c12-7-3-1-6(2-4-7)11-15-5-8(9(13)16-11)10(14)17-18/h1-5,18H,(H2,14,17)(H2,13,15,16). The number of aromatic nitrogens is 2. The van der Waals surface area contributed by atoms with Crippen LogP contribution in [-0.2, 0) is 0 Å². The molecule has 0 bridgehead atoms. The summed E-state index contributed by atoms with van der Waals surface area (Å²) in [6, 6.07) is 7.02. The van der Waals surface area contributed by atoms with Gasteiger partial charge in [-0.05, 0) is 24.3 Å². The van der Waals surface area contributed by atoms with Crippen LogP contribution in [0.3, 0.4) is 0 Å². The Morgan fingerprint density at radius 2 is 1.94 bits per heavy atom. The Kier molecular flexibility index (Phi) is 3.29.